The molecule has 4 aromatic rings. The van der Waals surface area contributed by atoms with E-state index in [1.807, 2.05) is 0 Å². The summed E-state index contributed by atoms with van der Waals surface area (Å²) in [6.45, 7) is 11.3. The Kier molecular flexibility index (Phi) is 8.68. The predicted molar refractivity (Wildman–Crippen MR) is 172 cm³/mol. The van der Waals surface area contributed by atoms with Gasteiger partial charge in [-0.1, -0.05) is 29.5 Å². The molecule has 1 saturated carbocycles. The van der Waals surface area contributed by atoms with Crippen molar-refractivity contribution in [3.63, 3.8) is 0 Å². The summed E-state index contributed by atoms with van der Waals surface area (Å²) in [5.74, 6) is 0.601. The lowest BCUT2D eigenvalue weighted by molar-refractivity contribution is 0.150. The molecule has 6 rings (SSSR count). The van der Waals surface area contributed by atoms with Crippen molar-refractivity contribution in [3.8, 4) is 16.5 Å². The van der Waals surface area contributed by atoms with Crippen molar-refractivity contribution in [2.75, 3.05) is 20.2 Å². The van der Waals surface area contributed by atoms with Crippen LogP contribution in [0.3, 0.4) is 0 Å². The van der Waals surface area contributed by atoms with Crippen LogP contribution in [0.1, 0.15) is 55.7 Å². The van der Waals surface area contributed by atoms with Crippen LogP contribution in [0.15, 0.2) is 47.4 Å². The summed E-state index contributed by atoms with van der Waals surface area (Å²) < 4.78 is 89.5. The van der Waals surface area contributed by atoms with Crippen molar-refractivity contribution in [2.24, 2.45) is 0 Å². The number of hydrogen-bond donors (Lipinski definition) is 1. The van der Waals surface area contributed by atoms with E-state index < -0.39 is 42.4 Å². The molecule has 0 unspecified atom stereocenters. The van der Waals surface area contributed by atoms with Crippen LogP contribution in [0, 0.1) is 6.57 Å². The van der Waals surface area contributed by atoms with Crippen LogP contribution in [0.4, 0.5) is 8.78 Å². The van der Waals surface area contributed by atoms with Crippen molar-refractivity contribution in [1.29, 1.82) is 0 Å². The van der Waals surface area contributed by atoms with Gasteiger partial charge in [-0.2, -0.15) is 9.40 Å². The number of hydrogen-bond acceptors (Lipinski definition) is 9. The molecule has 0 saturated heterocycles. The number of ether oxygens (including phenoxy) is 1. The van der Waals surface area contributed by atoms with Gasteiger partial charge in [-0.3, -0.25) is 9.94 Å². The summed E-state index contributed by atoms with van der Waals surface area (Å²) in [6, 6.07) is 9.82. The van der Waals surface area contributed by atoms with Crippen LogP contribution in [0.25, 0.3) is 32.0 Å². The van der Waals surface area contributed by atoms with E-state index in [-0.39, 0.29) is 41.7 Å². The van der Waals surface area contributed by atoms with Gasteiger partial charge >= 0.3 is 5.66 Å². The Hall–Kier alpha value is -3.82. The average molecular weight is 704 g/mol. The van der Waals surface area contributed by atoms with E-state index >= 15 is 0 Å². The fourth-order valence-corrected chi connectivity index (χ4v) is 9.21. The van der Waals surface area contributed by atoms with Gasteiger partial charge in [0.25, 0.3) is 6.43 Å². The van der Waals surface area contributed by atoms with Crippen LogP contribution in [0.2, 0.25) is 0 Å². The number of H-pyrrole nitrogens is 1. The molecular formula is C30H31F2N7O5S3. The fourth-order valence-electron chi connectivity index (χ4n) is 5.50. The predicted octanol–water partition coefficient (Wildman–Crippen LogP) is 5.46. The van der Waals surface area contributed by atoms with Crippen molar-refractivity contribution < 1.29 is 30.4 Å². The zero-order valence-corrected chi connectivity index (χ0v) is 28.1. The van der Waals surface area contributed by atoms with Crippen LogP contribution in [0.5, 0.6) is 5.75 Å². The third-order valence-electron chi connectivity index (χ3n) is 8.39. The van der Waals surface area contributed by atoms with Gasteiger partial charge in [-0.05, 0) is 55.7 Å². The van der Waals surface area contributed by atoms with Gasteiger partial charge in [0.1, 0.15) is 17.0 Å². The quantitative estimate of drug-likeness (QED) is 0.203. The minimum absolute atomic E-state index is 0.0702. The standard InChI is InChI=1S/C30H31F2N7O5S3/c1-18(2)46(40,41)38-13-9-20(10-14-38)23-15-22(16-24-25(23)34-35-26(24)28-36-37-29(45-28)27(31)32)47(42,43)39(30(33-3)11-12-30)17-19-5-7-21(44-4)8-6-19/h5-9,15-16,18,27H,10-14,17H2,1-2,4H3,(H,34,35). The normalized spacial score (nSPS) is 17.0. The zero-order chi connectivity index (χ0) is 33.7. The SMILES string of the molecule is [C-]#[N+]C1(N(Cc2ccc(OC)cc2)S(=O)(=O)c2cc(C3=CCN(S(=O)(=O)C(C)C)CC3)c3n[nH]c(-c4nnc(C(F)F)s4)c3c2)CC1. The third-order valence-corrected chi connectivity index (χ3v) is 13.5. The first kappa shape index (κ1) is 33.1. The van der Waals surface area contributed by atoms with Crippen molar-refractivity contribution >= 4 is 47.9 Å². The smallest absolute Gasteiger partial charge is 0.302 e. The third kappa shape index (κ3) is 6.04. The molecule has 0 amide bonds. The second-order valence-electron chi connectivity index (χ2n) is 11.6. The fraction of sp³-hybridized carbons (Fsp3) is 0.400. The summed E-state index contributed by atoms with van der Waals surface area (Å²) in [5, 5.41) is 14.1. The van der Waals surface area contributed by atoms with Gasteiger partial charge in [0.15, 0.2) is 10.0 Å². The lowest BCUT2D eigenvalue weighted by Crippen LogP contribution is -2.40. The number of methoxy groups -OCH3 is 1. The topological polar surface area (TPSA) is 143 Å². The lowest BCUT2D eigenvalue weighted by Gasteiger charge is -2.28. The van der Waals surface area contributed by atoms with Crippen LogP contribution in [-0.4, -0.2) is 77.0 Å². The molecule has 47 heavy (non-hydrogen) atoms. The maximum atomic E-state index is 14.6. The van der Waals surface area contributed by atoms with E-state index in [0.29, 0.717) is 57.5 Å². The summed E-state index contributed by atoms with van der Waals surface area (Å²) in [6.07, 6.45) is -0.0916. The number of fused-ring (bicyclic) bond motifs is 1. The molecule has 2 aromatic carbocycles. The number of nitrogens with zero attached hydrogens (tertiary/aromatic N) is 6. The van der Waals surface area contributed by atoms with Gasteiger partial charge in [-0.25, -0.2) is 32.2 Å². The summed E-state index contributed by atoms with van der Waals surface area (Å²) >= 11 is 0.662. The molecule has 0 atom stereocenters. The number of halogens is 2. The number of sulfonamides is 2. The molecule has 1 aliphatic carbocycles. The first-order valence-corrected chi connectivity index (χ1v) is 18.4. The molecule has 0 bridgehead atoms. The van der Waals surface area contributed by atoms with Crippen LogP contribution >= 0.6 is 11.3 Å². The summed E-state index contributed by atoms with van der Waals surface area (Å²) in [5.41, 5.74) is 1.11. The van der Waals surface area contributed by atoms with Gasteiger partial charge in [-0.15, -0.1) is 14.5 Å². The number of aromatic nitrogens is 4. The summed E-state index contributed by atoms with van der Waals surface area (Å²) in [4.78, 5) is 3.62. The zero-order valence-electron chi connectivity index (χ0n) is 25.6. The highest BCUT2D eigenvalue weighted by Crippen LogP contribution is 2.48. The molecule has 0 spiro atoms. The van der Waals surface area contributed by atoms with E-state index in [2.05, 4.69) is 25.2 Å². The highest BCUT2D eigenvalue weighted by Gasteiger charge is 2.61. The maximum absolute atomic E-state index is 14.6. The molecule has 1 fully saturated rings. The molecule has 2 aliphatic rings. The molecule has 3 heterocycles. The van der Waals surface area contributed by atoms with E-state index in [1.54, 1.807) is 44.2 Å². The molecule has 17 heteroatoms. The first-order valence-electron chi connectivity index (χ1n) is 14.7. The van der Waals surface area contributed by atoms with Crippen LogP contribution in [-0.2, 0) is 26.6 Å². The largest absolute Gasteiger partial charge is 0.497 e. The molecular weight excluding hydrogens is 673 g/mol. The van der Waals surface area contributed by atoms with Gasteiger partial charge < -0.3 is 4.74 Å². The Balaban J connectivity index is 1.50. The van der Waals surface area contributed by atoms with Crippen molar-refractivity contribution in [2.45, 2.75) is 61.9 Å². The van der Waals surface area contributed by atoms with E-state index in [4.69, 9.17) is 11.3 Å². The Morgan fingerprint density at radius 3 is 2.43 bits per heavy atom. The molecule has 248 valence electrons. The highest BCUT2D eigenvalue weighted by atomic mass is 32.2. The van der Waals surface area contributed by atoms with E-state index in [9.17, 15) is 25.6 Å². The van der Waals surface area contributed by atoms with Gasteiger partial charge in [0.05, 0.1) is 30.1 Å². The van der Waals surface area contributed by atoms with Crippen molar-refractivity contribution in [3.05, 3.63) is 70.0 Å². The van der Waals surface area contributed by atoms with E-state index in [0.717, 1.165) is 0 Å². The summed E-state index contributed by atoms with van der Waals surface area (Å²) in [7, 11) is -6.34. The molecule has 12 nitrogen and oxygen atoms in total. The minimum atomic E-state index is -4.34. The second-order valence-corrected chi connectivity index (χ2v) is 17.0. The maximum Gasteiger partial charge on any atom is 0.302 e. The van der Waals surface area contributed by atoms with E-state index in [1.165, 1.54) is 27.9 Å². The average Bonchev–Trinajstić information content (AvgIpc) is 3.46. The van der Waals surface area contributed by atoms with Crippen LogP contribution < -0.4 is 4.74 Å². The molecule has 1 aliphatic heterocycles. The second kappa shape index (κ2) is 12.3. The Labute approximate surface area is 275 Å². The highest BCUT2D eigenvalue weighted by molar-refractivity contribution is 7.89. The molecule has 0 radical (unpaired) electrons. The number of rotatable bonds is 11. The number of nitrogens with one attached hydrogen (secondary N) is 1. The molecule has 2 aromatic heterocycles. The van der Waals surface area contributed by atoms with Gasteiger partial charge in [0, 0.05) is 30.6 Å². The Morgan fingerprint density at radius 2 is 1.87 bits per heavy atom. The minimum Gasteiger partial charge on any atom is -0.497 e. The molecule has 1 N–H and O–H groups in total. The number of benzene rings is 2. The first-order chi connectivity index (χ1) is 22.3. The number of aromatic amines is 1. The number of alkyl halides is 2. The van der Waals surface area contributed by atoms with Gasteiger partial charge in [0.2, 0.25) is 20.0 Å². The monoisotopic (exact) mass is 703 g/mol. The van der Waals surface area contributed by atoms with Crippen molar-refractivity contribution in [1.82, 2.24) is 29.0 Å². The lowest BCUT2D eigenvalue weighted by atomic mass is 9.97. The Bertz CT molecular complexity index is 2120. The Morgan fingerprint density at radius 1 is 1.15 bits per heavy atom.